The van der Waals surface area contributed by atoms with Gasteiger partial charge in [0.15, 0.2) is 6.10 Å². The molecule has 4 heteroatoms. The Kier molecular flexibility index (Phi) is 5.42. The summed E-state index contributed by atoms with van der Waals surface area (Å²) in [6.07, 6.45) is 0.0795. The van der Waals surface area contributed by atoms with Crippen molar-refractivity contribution in [1.82, 2.24) is 0 Å². The number of carbonyl (C=O) groups is 2. The van der Waals surface area contributed by atoms with Crippen LogP contribution in [-0.2, 0) is 15.9 Å². The minimum atomic E-state index is -0.677. The van der Waals surface area contributed by atoms with Crippen molar-refractivity contribution in [2.45, 2.75) is 25.0 Å². The fourth-order valence-corrected chi connectivity index (χ4v) is 4.23. The van der Waals surface area contributed by atoms with E-state index in [2.05, 4.69) is 18.2 Å². The molecule has 1 aliphatic carbocycles. The molecule has 0 radical (unpaired) electrons. The second-order valence-corrected chi connectivity index (χ2v) is 7.94. The highest BCUT2D eigenvalue weighted by Gasteiger charge is 2.36. The van der Waals surface area contributed by atoms with Gasteiger partial charge in [-0.25, -0.2) is 9.59 Å². The lowest BCUT2D eigenvalue weighted by Gasteiger charge is -2.33. The van der Waals surface area contributed by atoms with E-state index in [1.54, 1.807) is 48.5 Å². The second-order valence-electron chi connectivity index (χ2n) is 7.94. The van der Waals surface area contributed by atoms with Gasteiger partial charge in [-0.05, 0) is 59.5 Å². The first kappa shape index (κ1) is 20.0. The standard InChI is InChI=1S/C28H22O4/c29-27(19-9-3-1-4-10-19)31-25-16-15-23-17-21-13-7-8-14-22(21)18-24(23)26(25)32-28(30)20-11-5-2-6-12-20/h1-14,17-18,25-26H,15-16H2/t25-,26-/m1/s1. The molecule has 4 nitrogen and oxygen atoms in total. The first-order valence-corrected chi connectivity index (χ1v) is 10.7. The molecule has 1 aliphatic rings. The minimum absolute atomic E-state index is 0.416. The van der Waals surface area contributed by atoms with E-state index in [1.165, 1.54) is 0 Å². The number of rotatable bonds is 4. The molecule has 0 aliphatic heterocycles. The van der Waals surface area contributed by atoms with Crippen molar-refractivity contribution in [2.75, 3.05) is 0 Å². The topological polar surface area (TPSA) is 52.6 Å². The lowest BCUT2D eigenvalue weighted by molar-refractivity contribution is -0.0436. The molecule has 0 fully saturated rings. The fourth-order valence-electron chi connectivity index (χ4n) is 4.23. The Labute approximate surface area is 186 Å². The predicted octanol–water partition coefficient (Wildman–Crippen LogP) is 5.91. The van der Waals surface area contributed by atoms with Gasteiger partial charge in [0, 0.05) is 5.56 Å². The Balaban J connectivity index is 1.50. The molecular weight excluding hydrogens is 400 g/mol. The normalized spacial score (nSPS) is 17.4. The van der Waals surface area contributed by atoms with Gasteiger partial charge in [-0.15, -0.1) is 0 Å². The lowest BCUT2D eigenvalue weighted by Crippen LogP contribution is -2.33. The van der Waals surface area contributed by atoms with Crippen molar-refractivity contribution < 1.29 is 19.1 Å². The van der Waals surface area contributed by atoms with Gasteiger partial charge < -0.3 is 9.47 Å². The maximum absolute atomic E-state index is 12.9. The van der Waals surface area contributed by atoms with Crippen molar-refractivity contribution in [1.29, 1.82) is 0 Å². The summed E-state index contributed by atoms with van der Waals surface area (Å²) in [6, 6.07) is 30.1. The van der Waals surface area contributed by atoms with Gasteiger partial charge in [-0.2, -0.15) is 0 Å². The maximum atomic E-state index is 12.9. The molecule has 158 valence electrons. The van der Waals surface area contributed by atoms with Gasteiger partial charge in [0.05, 0.1) is 11.1 Å². The monoisotopic (exact) mass is 422 g/mol. The SMILES string of the molecule is O=C(O[C@@H]1c2cc3ccccc3cc2CC[C@H]1OC(=O)c1ccccc1)c1ccccc1. The Morgan fingerprint density at radius 2 is 1.19 bits per heavy atom. The van der Waals surface area contributed by atoms with Gasteiger partial charge in [0.25, 0.3) is 0 Å². The zero-order chi connectivity index (χ0) is 21.9. The Bertz CT molecular complexity index is 1260. The van der Waals surface area contributed by atoms with Crippen LogP contribution < -0.4 is 0 Å². The van der Waals surface area contributed by atoms with E-state index in [4.69, 9.17) is 9.47 Å². The molecule has 0 saturated carbocycles. The molecule has 2 atom stereocenters. The third-order valence-electron chi connectivity index (χ3n) is 5.86. The van der Waals surface area contributed by atoms with E-state index in [1.807, 2.05) is 30.3 Å². The molecular formula is C28H22O4. The van der Waals surface area contributed by atoms with E-state index in [0.29, 0.717) is 17.5 Å². The highest BCUT2D eigenvalue weighted by atomic mass is 16.6. The molecule has 0 heterocycles. The minimum Gasteiger partial charge on any atom is -0.454 e. The molecule has 5 rings (SSSR count). The number of hydrogen-bond acceptors (Lipinski definition) is 4. The van der Waals surface area contributed by atoms with Crippen LogP contribution >= 0.6 is 0 Å². The zero-order valence-electron chi connectivity index (χ0n) is 17.4. The largest absolute Gasteiger partial charge is 0.454 e. The maximum Gasteiger partial charge on any atom is 0.338 e. The van der Waals surface area contributed by atoms with Crippen LogP contribution in [0.4, 0.5) is 0 Å². The third kappa shape index (κ3) is 4.00. The van der Waals surface area contributed by atoms with E-state index < -0.39 is 24.1 Å². The van der Waals surface area contributed by atoms with E-state index in [-0.39, 0.29) is 0 Å². The molecule has 0 bridgehead atoms. The van der Waals surface area contributed by atoms with Crippen LogP contribution in [0.25, 0.3) is 10.8 Å². The summed E-state index contributed by atoms with van der Waals surface area (Å²) < 4.78 is 11.9. The van der Waals surface area contributed by atoms with Crippen molar-refractivity contribution in [3.8, 4) is 0 Å². The first-order valence-electron chi connectivity index (χ1n) is 10.7. The molecule has 4 aromatic carbocycles. The molecule has 0 N–H and O–H groups in total. The molecule has 0 saturated heterocycles. The number of benzene rings is 4. The average Bonchev–Trinajstić information content (AvgIpc) is 2.85. The molecule has 0 spiro atoms. The third-order valence-corrected chi connectivity index (χ3v) is 5.86. The number of carbonyl (C=O) groups excluding carboxylic acids is 2. The van der Waals surface area contributed by atoms with Gasteiger partial charge in [0.1, 0.15) is 6.10 Å². The van der Waals surface area contributed by atoms with Crippen LogP contribution in [0.3, 0.4) is 0 Å². The molecule has 0 unspecified atom stereocenters. The van der Waals surface area contributed by atoms with Crippen molar-refractivity contribution in [3.63, 3.8) is 0 Å². The van der Waals surface area contributed by atoms with Gasteiger partial charge >= 0.3 is 11.9 Å². The number of esters is 2. The summed E-state index contributed by atoms with van der Waals surface area (Å²) in [5.41, 5.74) is 2.95. The zero-order valence-corrected chi connectivity index (χ0v) is 17.4. The smallest absolute Gasteiger partial charge is 0.338 e. The highest BCUT2D eigenvalue weighted by Crippen LogP contribution is 2.38. The average molecular weight is 422 g/mol. The van der Waals surface area contributed by atoms with Crippen LogP contribution in [-0.4, -0.2) is 18.0 Å². The number of ether oxygens (including phenoxy) is 2. The highest BCUT2D eigenvalue weighted by molar-refractivity contribution is 5.91. The van der Waals surface area contributed by atoms with Gasteiger partial charge in [-0.1, -0.05) is 66.7 Å². The molecule has 0 aromatic heterocycles. The molecule has 32 heavy (non-hydrogen) atoms. The number of fused-ring (bicyclic) bond motifs is 2. The number of aryl methyl sites for hydroxylation is 1. The molecule has 4 aromatic rings. The first-order chi connectivity index (χ1) is 15.7. The summed E-state index contributed by atoms with van der Waals surface area (Å²) in [4.78, 5) is 25.7. The summed E-state index contributed by atoms with van der Waals surface area (Å²) in [7, 11) is 0. The second kappa shape index (κ2) is 8.67. The van der Waals surface area contributed by atoms with Crippen LogP contribution in [0.2, 0.25) is 0 Å². The fraction of sp³-hybridized carbons (Fsp3) is 0.143. The Morgan fingerprint density at radius 1 is 0.656 bits per heavy atom. The van der Waals surface area contributed by atoms with Crippen molar-refractivity contribution in [3.05, 3.63) is 119 Å². The van der Waals surface area contributed by atoms with E-state index in [9.17, 15) is 9.59 Å². The van der Waals surface area contributed by atoms with Crippen LogP contribution in [0.5, 0.6) is 0 Å². The van der Waals surface area contributed by atoms with Gasteiger partial charge in [0.2, 0.25) is 0 Å². The summed E-state index contributed by atoms with van der Waals surface area (Å²) in [5, 5.41) is 2.20. The molecule has 0 amide bonds. The summed E-state index contributed by atoms with van der Waals surface area (Å²) in [6.45, 7) is 0. The van der Waals surface area contributed by atoms with Gasteiger partial charge in [-0.3, -0.25) is 0 Å². The lowest BCUT2D eigenvalue weighted by atomic mass is 9.85. The van der Waals surface area contributed by atoms with E-state index >= 15 is 0 Å². The van der Waals surface area contributed by atoms with Crippen LogP contribution in [0.15, 0.2) is 97.1 Å². The predicted molar refractivity (Wildman–Crippen MR) is 123 cm³/mol. The number of hydrogen-bond donors (Lipinski definition) is 0. The summed E-state index contributed by atoms with van der Waals surface area (Å²) >= 11 is 0. The summed E-state index contributed by atoms with van der Waals surface area (Å²) in [5.74, 6) is -0.849. The van der Waals surface area contributed by atoms with Crippen LogP contribution in [0, 0.1) is 0 Å². The Morgan fingerprint density at radius 3 is 1.81 bits per heavy atom. The Hall–Kier alpha value is -3.92. The quantitative estimate of drug-likeness (QED) is 0.384. The van der Waals surface area contributed by atoms with Crippen molar-refractivity contribution >= 4 is 22.7 Å². The van der Waals surface area contributed by atoms with Crippen LogP contribution in [0.1, 0.15) is 44.4 Å². The van der Waals surface area contributed by atoms with Crippen molar-refractivity contribution in [2.24, 2.45) is 0 Å². The van der Waals surface area contributed by atoms with E-state index in [0.717, 1.165) is 28.3 Å².